The molecule has 0 aromatic carbocycles. The van der Waals surface area contributed by atoms with Crippen molar-refractivity contribution in [3.8, 4) is 0 Å². The van der Waals surface area contributed by atoms with Gasteiger partial charge < -0.3 is 14.8 Å². The van der Waals surface area contributed by atoms with Crippen molar-refractivity contribution in [3.05, 3.63) is 0 Å². The van der Waals surface area contributed by atoms with E-state index in [1.807, 2.05) is 0 Å². The quantitative estimate of drug-likeness (QED) is 0.705. The molecule has 84 valence electrons. The molecule has 0 radical (unpaired) electrons. The summed E-state index contributed by atoms with van der Waals surface area (Å²) in [5.41, 5.74) is 0. The van der Waals surface area contributed by atoms with E-state index in [1.54, 1.807) is 7.11 Å². The number of nitrogens with one attached hydrogen (secondary N) is 1. The van der Waals surface area contributed by atoms with Crippen LogP contribution in [-0.4, -0.2) is 39.0 Å². The maximum Gasteiger partial charge on any atom is 0.0509 e. The zero-order valence-electron chi connectivity index (χ0n) is 9.58. The van der Waals surface area contributed by atoms with Gasteiger partial charge in [0, 0.05) is 32.4 Å². The average Bonchev–Trinajstić information content (AvgIpc) is 2.67. The molecule has 1 aliphatic rings. The predicted molar refractivity (Wildman–Crippen MR) is 57.5 cm³/mol. The zero-order valence-corrected chi connectivity index (χ0v) is 9.58. The zero-order chi connectivity index (χ0) is 10.4. The van der Waals surface area contributed by atoms with Gasteiger partial charge in [0.05, 0.1) is 6.61 Å². The van der Waals surface area contributed by atoms with E-state index in [4.69, 9.17) is 9.47 Å². The molecule has 1 fully saturated rings. The van der Waals surface area contributed by atoms with Gasteiger partial charge in [-0.1, -0.05) is 0 Å². The average molecular weight is 201 g/mol. The van der Waals surface area contributed by atoms with Crippen molar-refractivity contribution in [2.75, 3.05) is 26.9 Å². The van der Waals surface area contributed by atoms with Gasteiger partial charge in [-0.2, -0.15) is 0 Å². The van der Waals surface area contributed by atoms with Crippen molar-refractivity contribution in [3.63, 3.8) is 0 Å². The molecule has 3 nitrogen and oxygen atoms in total. The van der Waals surface area contributed by atoms with E-state index in [0.29, 0.717) is 18.0 Å². The summed E-state index contributed by atoms with van der Waals surface area (Å²) in [6.07, 6.45) is 2.28. The van der Waals surface area contributed by atoms with Gasteiger partial charge in [-0.05, 0) is 32.6 Å². The summed E-state index contributed by atoms with van der Waals surface area (Å²) in [6.45, 7) is 7.16. The Morgan fingerprint density at radius 2 is 2.29 bits per heavy atom. The van der Waals surface area contributed by atoms with Crippen LogP contribution in [0.2, 0.25) is 0 Å². The van der Waals surface area contributed by atoms with Crippen LogP contribution in [0.1, 0.15) is 26.7 Å². The number of hydrogen-bond acceptors (Lipinski definition) is 3. The van der Waals surface area contributed by atoms with Gasteiger partial charge in [0.2, 0.25) is 0 Å². The van der Waals surface area contributed by atoms with E-state index in [-0.39, 0.29) is 0 Å². The first-order valence-corrected chi connectivity index (χ1v) is 5.56. The number of rotatable bonds is 6. The van der Waals surface area contributed by atoms with Gasteiger partial charge >= 0.3 is 0 Å². The summed E-state index contributed by atoms with van der Waals surface area (Å²) >= 11 is 0. The topological polar surface area (TPSA) is 30.5 Å². The fourth-order valence-corrected chi connectivity index (χ4v) is 1.91. The van der Waals surface area contributed by atoms with E-state index in [0.717, 1.165) is 26.2 Å². The third kappa shape index (κ3) is 3.95. The Labute approximate surface area is 87.2 Å². The van der Waals surface area contributed by atoms with Gasteiger partial charge in [0.25, 0.3) is 0 Å². The molecule has 3 unspecified atom stereocenters. The van der Waals surface area contributed by atoms with Crippen LogP contribution in [0.25, 0.3) is 0 Å². The lowest BCUT2D eigenvalue weighted by Gasteiger charge is -2.23. The lowest BCUT2D eigenvalue weighted by molar-refractivity contribution is 0.168. The van der Waals surface area contributed by atoms with Gasteiger partial charge in [0.1, 0.15) is 0 Å². The van der Waals surface area contributed by atoms with Gasteiger partial charge in [-0.15, -0.1) is 0 Å². The Morgan fingerprint density at radius 3 is 2.86 bits per heavy atom. The smallest absolute Gasteiger partial charge is 0.0509 e. The summed E-state index contributed by atoms with van der Waals surface area (Å²) in [5, 5.41) is 3.60. The van der Waals surface area contributed by atoms with Gasteiger partial charge in [-0.3, -0.25) is 0 Å². The molecule has 1 heterocycles. The van der Waals surface area contributed by atoms with E-state index >= 15 is 0 Å². The van der Waals surface area contributed by atoms with Crippen LogP contribution in [0.3, 0.4) is 0 Å². The van der Waals surface area contributed by atoms with E-state index < -0.39 is 0 Å². The largest absolute Gasteiger partial charge is 0.385 e. The Bertz CT molecular complexity index is 146. The first-order valence-electron chi connectivity index (χ1n) is 5.56. The Hall–Kier alpha value is -0.120. The third-order valence-corrected chi connectivity index (χ3v) is 2.97. The molecule has 3 atom stereocenters. The maximum atomic E-state index is 5.38. The normalized spacial score (nSPS) is 26.4. The predicted octanol–water partition coefficient (Wildman–Crippen LogP) is 1.43. The van der Waals surface area contributed by atoms with Gasteiger partial charge in [0.15, 0.2) is 0 Å². The van der Waals surface area contributed by atoms with E-state index in [2.05, 4.69) is 19.2 Å². The molecule has 0 saturated carbocycles. The number of hydrogen-bond donors (Lipinski definition) is 1. The second-order valence-corrected chi connectivity index (χ2v) is 4.26. The van der Waals surface area contributed by atoms with Crippen molar-refractivity contribution in [2.24, 2.45) is 5.92 Å². The van der Waals surface area contributed by atoms with Crippen molar-refractivity contribution in [2.45, 2.75) is 38.8 Å². The maximum absolute atomic E-state index is 5.38. The van der Waals surface area contributed by atoms with Crippen LogP contribution in [0, 0.1) is 5.92 Å². The minimum atomic E-state index is 0.533. The summed E-state index contributed by atoms with van der Waals surface area (Å²) in [6, 6.07) is 1.09. The van der Waals surface area contributed by atoms with Crippen molar-refractivity contribution >= 4 is 0 Å². The molecule has 0 amide bonds. The van der Waals surface area contributed by atoms with Crippen LogP contribution >= 0.6 is 0 Å². The summed E-state index contributed by atoms with van der Waals surface area (Å²) < 4.78 is 10.4. The lowest BCUT2D eigenvalue weighted by atomic mass is 10.00. The van der Waals surface area contributed by atoms with E-state index in [1.165, 1.54) is 6.42 Å². The molecule has 1 saturated heterocycles. The SMILES string of the molecule is COCCC(C)NC(C)C1CCOC1. The van der Waals surface area contributed by atoms with Gasteiger partial charge in [-0.25, -0.2) is 0 Å². The number of methoxy groups -OCH3 is 1. The Morgan fingerprint density at radius 1 is 1.50 bits per heavy atom. The molecule has 0 aromatic rings. The molecule has 3 heteroatoms. The van der Waals surface area contributed by atoms with Crippen LogP contribution in [-0.2, 0) is 9.47 Å². The van der Waals surface area contributed by atoms with Crippen LogP contribution in [0.15, 0.2) is 0 Å². The molecular weight excluding hydrogens is 178 g/mol. The monoisotopic (exact) mass is 201 g/mol. The van der Waals surface area contributed by atoms with Crippen molar-refractivity contribution < 1.29 is 9.47 Å². The molecule has 1 rings (SSSR count). The van der Waals surface area contributed by atoms with Crippen LogP contribution < -0.4 is 5.32 Å². The highest BCUT2D eigenvalue weighted by Crippen LogP contribution is 2.16. The highest BCUT2D eigenvalue weighted by atomic mass is 16.5. The van der Waals surface area contributed by atoms with E-state index in [9.17, 15) is 0 Å². The fraction of sp³-hybridized carbons (Fsp3) is 1.00. The second-order valence-electron chi connectivity index (χ2n) is 4.26. The molecule has 0 aromatic heterocycles. The van der Waals surface area contributed by atoms with Crippen LogP contribution in [0.4, 0.5) is 0 Å². The van der Waals surface area contributed by atoms with Crippen molar-refractivity contribution in [1.82, 2.24) is 5.32 Å². The summed E-state index contributed by atoms with van der Waals surface area (Å²) in [4.78, 5) is 0. The molecule has 0 spiro atoms. The van der Waals surface area contributed by atoms with Crippen molar-refractivity contribution in [1.29, 1.82) is 0 Å². The third-order valence-electron chi connectivity index (χ3n) is 2.97. The lowest BCUT2D eigenvalue weighted by Crippen LogP contribution is -2.40. The Kier molecular flexibility index (Phi) is 5.45. The molecule has 0 bridgehead atoms. The highest BCUT2D eigenvalue weighted by Gasteiger charge is 2.22. The summed E-state index contributed by atoms with van der Waals surface area (Å²) in [5.74, 6) is 0.694. The molecule has 1 N–H and O–H groups in total. The first kappa shape index (κ1) is 12.0. The molecule has 1 aliphatic heterocycles. The minimum absolute atomic E-state index is 0.533. The second kappa shape index (κ2) is 6.38. The standard InChI is InChI=1S/C11H23NO2/c1-9(4-6-13-3)12-10(2)11-5-7-14-8-11/h9-12H,4-8H2,1-3H3. The molecular formula is C11H23NO2. The summed E-state index contributed by atoms with van der Waals surface area (Å²) in [7, 11) is 1.75. The number of ether oxygens (including phenoxy) is 2. The fourth-order valence-electron chi connectivity index (χ4n) is 1.91. The highest BCUT2D eigenvalue weighted by molar-refractivity contribution is 4.77. The Balaban J connectivity index is 2.14. The molecule has 14 heavy (non-hydrogen) atoms. The minimum Gasteiger partial charge on any atom is -0.385 e. The van der Waals surface area contributed by atoms with Crippen LogP contribution in [0.5, 0.6) is 0 Å². The first-order chi connectivity index (χ1) is 6.74. The molecule has 0 aliphatic carbocycles.